The van der Waals surface area contributed by atoms with Crippen molar-refractivity contribution in [3.05, 3.63) is 90.3 Å². The Morgan fingerprint density at radius 1 is 1.08 bits per heavy atom. The van der Waals surface area contributed by atoms with Gasteiger partial charge < -0.3 is 10.5 Å². The number of pyridine rings is 1. The summed E-state index contributed by atoms with van der Waals surface area (Å²) in [5.74, 6) is 0.275. The molecule has 0 spiro atoms. The van der Waals surface area contributed by atoms with Crippen LogP contribution in [0, 0.1) is 0 Å². The highest BCUT2D eigenvalue weighted by Crippen LogP contribution is 2.23. The molecule has 0 fully saturated rings. The van der Waals surface area contributed by atoms with Crippen molar-refractivity contribution in [1.82, 2.24) is 4.98 Å². The van der Waals surface area contributed by atoms with Gasteiger partial charge in [-0.25, -0.2) is 0 Å². The number of aromatic nitrogens is 1. The Morgan fingerprint density at radius 3 is 2.58 bits per heavy atom. The van der Waals surface area contributed by atoms with Gasteiger partial charge in [0.1, 0.15) is 12.4 Å². The number of nitrogens with zero attached hydrogens (tertiary/aromatic N) is 2. The number of anilines is 1. The molecule has 0 radical (unpaired) electrons. The van der Waals surface area contributed by atoms with E-state index in [1.807, 2.05) is 36.4 Å². The van der Waals surface area contributed by atoms with Crippen molar-refractivity contribution in [2.45, 2.75) is 6.61 Å². The van der Waals surface area contributed by atoms with Gasteiger partial charge in [0.15, 0.2) is 5.11 Å². The molecule has 1 aromatic heterocycles. The van der Waals surface area contributed by atoms with Crippen LogP contribution in [0.1, 0.15) is 15.9 Å². The monoisotopic (exact) mass is 363 g/mol. The lowest BCUT2D eigenvalue weighted by Gasteiger charge is -2.21. The van der Waals surface area contributed by atoms with E-state index in [1.54, 1.807) is 36.5 Å². The smallest absolute Gasteiger partial charge is 0.266 e. The summed E-state index contributed by atoms with van der Waals surface area (Å²) >= 11 is 5.08. The predicted octanol–water partition coefficient (Wildman–Crippen LogP) is 3.55. The third kappa shape index (κ3) is 4.23. The molecule has 2 aromatic carbocycles. The number of amides is 1. The molecular formula is C20H17N3O2S. The van der Waals surface area contributed by atoms with E-state index < -0.39 is 0 Å². The fourth-order valence-electron chi connectivity index (χ4n) is 2.42. The Hall–Kier alpha value is -3.25. The standard InChI is InChI=1S/C20H17N3O2S/c21-20(26)23(19(24)16-8-5-11-22-13-16)17-9-4-10-18(12-17)25-14-15-6-2-1-3-7-15/h1-13H,14H2,(H2,21,26). The van der Waals surface area contributed by atoms with E-state index in [4.69, 9.17) is 22.7 Å². The molecule has 3 aromatic rings. The number of nitrogens with two attached hydrogens (primary N) is 1. The maximum atomic E-state index is 12.8. The second kappa shape index (κ2) is 8.22. The minimum atomic E-state index is -0.342. The van der Waals surface area contributed by atoms with Crippen molar-refractivity contribution in [2.75, 3.05) is 4.90 Å². The minimum absolute atomic E-state index is 0.0425. The highest BCUT2D eigenvalue weighted by molar-refractivity contribution is 7.80. The molecule has 26 heavy (non-hydrogen) atoms. The number of hydrogen-bond acceptors (Lipinski definition) is 4. The first-order valence-electron chi connectivity index (χ1n) is 7.96. The largest absolute Gasteiger partial charge is 0.489 e. The van der Waals surface area contributed by atoms with Crippen LogP contribution in [0.3, 0.4) is 0 Å². The summed E-state index contributed by atoms with van der Waals surface area (Å²) in [4.78, 5) is 18.0. The Kier molecular flexibility index (Phi) is 5.56. The van der Waals surface area contributed by atoms with E-state index in [-0.39, 0.29) is 11.0 Å². The van der Waals surface area contributed by atoms with E-state index in [0.29, 0.717) is 23.6 Å². The van der Waals surface area contributed by atoms with Gasteiger partial charge in [0.05, 0.1) is 11.3 Å². The first-order valence-corrected chi connectivity index (χ1v) is 8.36. The summed E-state index contributed by atoms with van der Waals surface area (Å²) in [7, 11) is 0. The molecule has 0 aliphatic rings. The first kappa shape index (κ1) is 17.6. The molecule has 0 saturated carbocycles. The summed E-state index contributed by atoms with van der Waals surface area (Å²) in [6, 6.07) is 20.3. The van der Waals surface area contributed by atoms with E-state index in [1.165, 1.54) is 11.1 Å². The van der Waals surface area contributed by atoms with Gasteiger partial charge in [-0.2, -0.15) is 0 Å². The molecule has 130 valence electrons. The molecule has 3 rings (SSSR count). The molecule has 0 aliphatic carbocycles. The summed E-state index contributed by atoms with van der Waals surface area (Å²) in [6.07, 6.45) is 3.07. The number of ether oxygens (including phenoxy) is 1. The lowest BCUT2D eigenvalue weighted by molar-refractivity contribution is 0.100. The van der Waals surface area contributed by atoms with Crippen LogP contribution in [-0.2, 0) is 6.61 Å². The van der Waals surface area contributed by atoms with Crippen molar-refractivity contribution in [1.29, 1.82) is 0 Å². The van der Waals surface area contributed by atoms with Crippen molar-refractivity contribution in [3.63, 3.8) is 0 Å². The molecule has 1 heterocycles. The quantitative estimate of drug-likeness (QED) is 0.702. The second-order valence-corrected chi connectivity index (χ2v) is 5.91. The zero-order valence-electron chi connectivity index (χ0n) is 13.9. The van der Waals surface area contributed by atoms with Gasteiger partial charge in [-0.1, -0.05) is 36.4 Å². The van der Waals surface area contributed by atoms with E-state index in [9.17, 15) is 4.79 Å². The SMILES string of the molecule is NC(=S)N(C(=O)c1cccnc1)c1cccc(OCc2ccccc2)c1. The lowest BCUT2D eigenvalue weighted by atomic mass is 10.2. The second-order valence-electron chi connectivity index (χ2n) is 5.49. The van der Waals surface area contributed by atoms with Crippen LogP contribution in [-0.4, -0.2) is 16.0 Å². The van der Waals surface area contributed by atoms with Gasteiger partial charge in [0.2, 0.25) is 0 Å². The first-order chi connectivity index (χ1) is 12.6. The van der Waals surface area contributed by atoms with Crippen molar-refractivity contribution in [3.8, 4) is 5.75 Å². The van der Waals surface area contributed by atoms with Crippen LogP contribution in [0.5, 0.6) is 5.75 Å². The molecule has 5 nitrogen and oxygen atoms in total. The van der Waals surface area contributed by atoms with Gasteiger partial charge in [-0.15, -0.1) is 0 Å². The van der Waals surface area contributed by atoms with E-state index >= 15 is 0 Å². The van der Waals surface area contributed by atoms with Gasteiger partial charge in [-0.3, -0.25) is 14.7 Å². The van der Waals surface area contributed by atoms with Crippen LogP contribution in [0.2, 0.25) is 0 Å². The molecule has 0 saturated heterocycles. The van der Waals surface area contributed by atoms with E-state index in [2.05, 4.69) is 4.98 Å². The number of rotatable bonds is 5. The number of benzene rings is 2. The maximum absolute atomic E-state index is 12.8. The number of hydrogen-bond donors (Lipinski definition) is 1. The summed E-state index contributed by atoms with van der Waals surface area (Å²) in [5, 5.41) is -0.0425. The van der Waals surface area contributed by atoms with Crippen LogP contribution in [0.15, 0.2) is 79.1 Å². The van der Waals surface area contributed by atoms with Crippen LogP contribution >= 0.6 is 12.2 Å². The summed E-state index contributed by atoms with van der Waals surface area (Å²) < 4.78 is 5.81. The fourth-order valence-corrected chi connectivity index (χ4v) is 2.60. The Balaban J connectivity index is 1.82. The van der Waals surface area contributed by atoms with Crippen LogP contribution in [0.25, 0.3) is 0 Å². The van der Waals surface area contributed by atoms with Crippen LogP contribution in [0.4, 0.5) is 5.69 Å². The number of carbonyl (C=O) groups excluding carboxylic acids is 1. The molecule has 6 heteroatoms. The average molecular weight is 363 g/mol. The van der Waals surface area contributed by atoms with Gasteiger partial charge >= 0.3 is 0 Å². The van der Waals surface area contributed by atoms with Gasteiger partial charge in [0, 0.05) is 18.5 Å². The third-order valence-corrected chi connectivity index (χ3v) is 3.84. The molecule has 2 N–H and O–H groups in total. The fraction of sp³-hybridized carbons (Fsp3) is 0.0500. The normalized spacial score (nSPS) is 10.2. The molecule has 0 unspecified atom stereocenters. The predicted molar refractivity (Wildman–Crippen MR) is 105 cm³/mol. The number of thiocarbonyl (C=S) groups is 1. The summed E-state index contributed by atoms with van der Waals surface area (Å²) in [6.45, 7) is 0.425. The molecule has 0 aliphatic heterocycles. The highest BCUT2D eigenvalue weighted by atomic mass is 32.1. The topological polar surface area (TPSA) is 68.5 Å². The maximum Gasteiger partial charge on any atom is 0.266 e. The van der Waals surface area contributed by atoms with Crippen molar-refractivity contribution >= 4 is 28.9 Å². The average Bonchev–Trinajstić information content (AvgIpc) is 2.68. The van der Waals surface area contributed by atoms with Crippen molar-refractivity contribution < 1.29 is 9.53 Å². The minimum Gasteiger partial charge on any atom is -0.489 e. The molecule has 0 atom stereocenters. The highest BCUT2D eigenvalue weighted by Gasteiger charge is 2.21. The zero-order valence-corrected chi connectivity index (χ0v) is 14.7. The van der Waals surface area contributed by atoms with Gasteiger partial charge in [0.25, 0.3) is 5.91 Å². The Bertz CT molecular complexity index is 901. The third-order valence-electron chi connectivity index (χ3n) is 3.66. The van der Waals surface area contributed by atoms with Crippen molar-refractivity contribution in [2.24, 2.45) is 5.73 Å². The lowest BCUT2D eigenvalue weighted by Crippen LogP contribution is -2.40. The Morgan fingerprint density at radius 2 is 1.88 bits per heavy atom. The Labute approximate surface area is 157 Å². The summed E-state index contributed by atoms with van der Waals surface area (Å²) in [5.41, 5.74) is 7.79. The van der Waals surface area contributed by atoms with E-state index in [0.717, 1.165) is 5.56 Å². The van der Waals surface area contributed by atoms with Gasteiger partial charge in [-0.05, 0) is 42.0 Å². The number of carbonyl (C=O) groups is 1. The zero-order chi connectivity index (χ0) is 18.4. The molecule has 1 amide bonds. The molecular weight excluding hydrogens is 346 g/mol. The van der Waals surface area contributed by atoms with Crippen LogP contribution < -0.4 is 15.4 Å². The molecule has 0 bridgehead atoms.